The highest BCUT2D eigenvalue weighted by atomic mass is 16.5. The lowest BCUT2D eigenvalue weighted by molar-refractivity contribution is -0.148. The summed E-state index contributed by atoms with van der Waals surface area (Å²) in [6, 6.07) is 0. The molecule has 0 aliphatic carbocycles. The average Bonchev–Trinajstić information content (AvgIpc) is 2.04. The third kappa shape index (κ3) is 1.45. The van der Waals surface area contributed by atoms with E-state index < -0.39 is 18.0 Å². The summed E-state index contributed by atoms with van der Waals surface area (Å²) in [7, 11) is 0. The number of carboxylic acid groups (broad SMARTS) is 2. The Morgan fingerprint density at radius 1 is 1.42 bits per heavy atom. The van der Waals surface area contributed by atoms with Gasteiger partial charge in [0.1, 0.15) is 0 Å². The van der Waals surface area contributed by atoms with Gasteiger partial charge in [-0.25, -0.2) is 9.59 Å². The van der Waals surface area contributed by atoms with Crippen LogP contribution in [0.1, 0.15) is 0 Å². The largest absolute Gasteiger partial charge is 0.481 e. The van der Waals surface area contributed by atoms with Crippen molar-refractivity contribution in [3.05, 3.63) is 24.0 Å². The van der Waals surface area contributed by atoms with Gasteiger partial charge >= 0.3 is 11.9 Å². The Bertz CT molecular complexity index is 276. The van der Waals surface area contributed by atoms with Crippen LogP contribution in [-0.4, -0.2) is 28.3 Å². The zero-order valence-electron chi connectivity index (χ0n) is 5.93. The fourth-order valence-electron chi connectivity index (χ4n) is 0.802. The highest BCUT2D eigenvalue weighted by molar-refractivity contribution is 5.96. The molecular weight excluding hydrogens is 164 g/mol. The Morgan fingerprint density at radius 2 is 2.08 bits per heavy atom. The summed E-state index contributed by atoms with van der Waals surface area (Å²) >= 11 is 0. The lowest BCUT2D eigenvalue weighted by atomic mass is 10.1. The van der Waals surface area contributed by atoms with Crippen molar-refractivity contribution in [2.24, 2.45) is 0 Å². The molecule has 0 aromatic rings. The number of hydrogen-bond acceptors (Lipinski definition) is 3. The van der Waals surface area contributed by atoms with Crippen LogP contribution in [0.4, 0.5) is 0 Å². The van der Waals surface area contributed by atoms with E-state index in [1.807, 2.05) is 0 Å². The van der Waals surface area contributed by atoms with Crippen LogP contribution >= 0.6 is 0 Å². The number of rotatable bonds is 2. The molecule has 0 spiro atoms. The molecule has 0 aromatic heterocycles. The molecule has 0 fully saturated rings. The number of hydrogen-bond donors (Lipinski definition) is 2. The molecule has 0 saturated carbocycles. The van der Waals surface area contributed by atoms with Gasteiger partial charge in [0.05, 0.1) is 11.8 Å². The Morgan fingerprint density at radius 3 is 2.50 bits per heavy atom. The van der Waals surface area contributed by atoms with Gasteiger partial charge in [0.15, 0.2) is 0 Å². The van der Waals surface area contributed by atoms with Crippen molar-refractivity contribution in [2.75, 3.05) is 0 Å². The molecule has 0 amide bonds. The van der Waals surface area contributed by atoms with E-state index in [0.717, 1.165) is 6.26 Å². The molecule has 12 heavy (non-hydrogen) atoms. The molecule has 0 saturated heterocycles. The van der Waals surface area contributed by atoms with Gasteiger partial charge in [0, 0.05) is 0 Å². The van der Waals surface area contributed by atoms with Crippen LogP contribution in [0.25, 0.3) is 0 Å². The van der Waals surface area contributed by atoms with Gasteiger partial charge in [0.2, 0.25) is 6.10 Å². The summed E-state index contributed by atoms with van der Waals surface area (Å²) in [5.74, 6) is -2.60. The van der Waals surface area contributed by atoms with E-state index >= 15 is 0 Å². The third-order valence-corrected chi connectivity index (χ3v) is 1.32. The van der Waals surface area contributed by atoms with Gasteiger partial charge in [-0.3, -0.25) is 0 Å². The summed E-state index contributed by atoms with van der Waals surface area (Å²) in [4.78, 5) is 20.8. The SMILES string of the molecule is O=C(O)C1=CC=COC1C(=O)O. The summed E-state index contributed by atoms with van der Waals surface area (Å²) in [5.41, 5.74) is -0.273. The van der Waals surface area contributed by atoms with Gasteiger partial charge in [-0.2, -0.15) is 0 Å². The van der Waals surface area contributed by atoms with Crippen molar-refractivity contribution >= 4 is 11.9 Å². The van der Waals surface area contributed by atoms with Crippen LogP contribution in [0, 0.1) is 0 Å². The fraction of sp³-hybridized carbons (Fsp3) is 0.143. The van der Waals surface area contributed by atoms with Crippen molar-refractivity contribution in [3.63, 3.8) is 0 Å². The molecule has 1 heterocycles. The Kier molecular flexibility index (Phi) is 2.14. The predicted octanol–water partition coefficient (Wildman–Crippen LogP) is -0.00550. The average molecular weight is 170 g/mol. The molecule has 0 bridgehead atoms. The van der Waals surface area contributed by atoms with Crippen LogP contribution in [0.15, 0.2) is 24.0 Å². The third-order valence-electron chi connectivity index (χ3n) is 1.32. The van der Waals surface area contributed by atoms with Gasteiger partial charge in [-0.1, -0.05) is 0 Å². The summed E-state index contributed by atoms with van der Waals surface area (Å²) in [5, 5.41) is 17.0. The highest BCUT2D eigenvalue weighted by Crippen LogP contribution is 2.12. The molecule has 2 N–H and O–H groups in total. The molecule has 5 nitrogen and oxygen atoms in total. The minimum Gasteiger partial charge on any atom is -0.481 e. The Balaban J connectivity index is 2.91. The van der Waals surface area contributed by atoms with Crippen LogP contribution in [0.5, 0.6) is 0 Å². The predicted molar refractivity (Wildman–Crippen MR) is 37.4 cm³/mol. The molecule has 1 aliphatic rings. The Hall–Kier alpha value is -1.78. The van der Waals surface area contributed by atoms with Crippen LogP contribution in [0.2, 0.25) is 0 Å². The number of allylic oxidation sites excluding steroid dienone is 2. The smallest absolute Gasteiger partial charge is 0.349 e. The van der Waals surface area contributed by atoms with Crippen molar-refractivity contribution in [1.82, 2.24) is 0 Å². The van der Waals surface area contributed by atoms with E-state index in [1.165, 1.54) is 12.2 Å². The van der Waals surface area contributed by atoms with Gasteiger partial charge in [-0.15, -0.1) is 0 Å². The van der Waals surface area contributed by atoms with Gasteiger partial charge in [-0.05, 0) is 12.2 Å². The lowest BCUT2D eigenvalue weighted by Crippen LogP contribution is -2.29. The van der Waals surface area contributed by atoms with E-state index in [1.54, 1.807) is 0 Å². The molecule has 0 aromatic carbocycles. The molecule has 5 heteroatoms. The molecule has 1 unspecified atom stereocenters. The first kappa shape index (κ1) is 8.32. The molecule has 1 aliphatic heterocycles. The number of aliphatic carboxylic acids is 2. The second-order valence-electron chi connectivity index (χ2n) is 2.11. The lowest BCUT2D eigenvalue weighted by Gasteiger charge is -2.14. The van der Waals surface area contributed by atoms with Crippen LogP contribution in [0.3, 0.4) is 0 Å². The standard InChI is InChI=1S/C7H6O5/c8-6(9)4-2-1-3-12-5(4)7(10)11/h1-3,5H,(H,8,9)(H,10,11). The summed E-state index contributed by atoms with van der Waals surface area (Å²) in [6.45, 7) is 0. The van der Waals surface area contributed by atoms with Crippen molar-refractivity contribution in [1.29, 1.82) is 0 Å². The molecule has 0 radical (unpaired) electrons. The second-order valence-corrected chi connectivity index (χ2v) is 2.11. The topological polar surface area (TPSA) is 83.8 Å². The molecule has 1 rings (SSSR count). The van der Waals surface area contributed by atoms with Crippen molar-refractivity contribution < 1.29 is 24.5 Å². The summed E-state index contributed by atoms with van der Waals surface area (Å²) in [6.07, 6.45) is 2.28. The van der Waals surface area contributed by atoms with E-state index in [0.29, 0.717) is 0 Å². The monoisotopic (exact) mass is 170 g/mol. The normalized spacial score (nSPS) is 21.0. The quantitative estimate of drug-likeness (QED) is 0.609. The van der Waals surface area contributed by atoms with E-state index in [4.69, 9.17) is 10.2 Å². The Labute approximate surface area is 67.6 Å². The maximum atomic E-state index is 10.4. The van der Waals surface area contributed by atoms with Crippen molar-refractivity contribution in [3.8, 4) is 0 Å². The number of carboxylic acids is 2. The minimum atomic E-state index is -1.40. The second kappa shape index (κ2) is 3.08. The maximum absolute atomic E-state index is 10.4. The molecule has 64 valence electrons. The van der Waals surface area contributed by atoms with Crippen LogP contribution in [-0.2, 0) is 14.3 Å². The van der Waals surface area contributed by atoms with Crippen LogP contribution < -0.4 is 0 Å². The highest BCUT2D eigenvalue weighted by Gasteiger charge is 2.29. The number of ether oxygens (including phenoxy) is 1. The number of carbonyl (C=O) groups is 2. The van der Waals surface area contributed by atoms with Gasteiger partial charge < -0.3 is 14.9 Å². The molecular formula is C7H6O5. The zero-order valence-corrected chi connectivity index (χ0v) is 5.93. The first-order valence-electron chi connectivity index (χ1n) is 3.11. The first-order chi connectivity index (χ1) is 5.63. The van der Waals surface area contributed by atoms with E-state index in [2.05, 4.69) is 4.74 Å². The maximum Gasteiger partial charge on any atom is 0.349 e. The minimum absolute atomic E-state index is 0.273. The van der Waals surface area contributed by atoms with E-state index in [9.17, 15) is 9.59 Å². The van der Waals surface area contributed by atoms with E-state index in [-0.39, 0.29) is 5.57 Å². The zero-order chi connectivity index (χ0) is 9.14. The fourth-order valence-corrected chi connectivity index (χ4v) is 0.802. The van der Waals surface area contributed by atoms with Crippen molar-refractivity contribution in [2.45, 2.75) is 6.10 Å². The van der Waals surface area contributed by atoms with Gasteiger partial charge in [0.25, 0.3) is 0 Å². The first-order valence-corrected chi connectivity index (χ1v) is 3.11. The molecule has 1 atom stereocenters. The summed E-state index contributed by atoms with van der Waals surface area (Å²) < 4.78 is 4.58.